The number of thiazole rings is 1. The maximum Gasteiger partial charge on any atom is 0.308 e. The van der Waals surface area contributed by atoms with Crippen LogP contribution in [0.5, 0.6) is 11.5 Å². The van der Waals surface area contributed by atoms with Crippen molar-refractivity contribution < 1.29 is 23.9 Å². The van der Waals surface area contributed by atoms with Gasteiger partial charge in [0.25, 0.3) is 0 Å². The van der Waals surface area contributed by atoms with Crippen molar-refractivity contribution >= 4 is 52.2 Å². The highest BCUT2D eigenvalue weighted by atomic mass is 32.2. The third-order valence-corrected chi connectivity index (χ3v) is 9.79. The first kappa shape index (κ1) is 26.9. The number of fused-ring (bicyclic) bond motifs is 2. The third kappa shape index (κ3) is 4.70. The highest BCUT2D eigenvalue weighted by Gasteiger charge is 2.56. The number of carbonyl (C=O) groups excluding carboxylic acids is 3. The molecule has 1 N–H and O–H groups in total. The van der Waals surface area contributed by atoms with Crippen LogP contribution < -0.4 is 24.6 Å². The van der Waals surface area contributed by atoms with Crippen molar-refractivity contribution in [2.45, 2.75) is 22.7 Å². The lowest BCUT2D eigenvalue weighted by Gasteiger charge is -2.31. The second kappa shape index (κ2) is 10.9. The predicted octanol–water partition coefficient (Wildman–Crippen LogP) is 4.36. The van der Waals surface area contributed by atoms with Gasteiger partial charge in [-0.05, 0) is 42.0 Å². The van der Waals surface area contributed by atoms with Crippen LogP contribution in [0.1, 0.15) is 16.4 Å². The van der Waals surface area contributed by atoms with E-state index in [1.54, 1.807) is 60.7 Å². The van der Waals surface area contributed by atoms with Crippen LogP contribution in [0.4, 0.5) is 11.4 Å². The SMILES string of the molecule is COc1ccc([C@H]2c3sc(=O)n(CC(=O)Nc4ccccc4)c3SC3C(=O)N(c4ccccc4)C(=O)C32)cc1OC. The van der Waals surface area contributed by atoms with Gasteiger partial charge in [0.2, 0.25) is 17.7 Å². The van der Waals surface area contributed by atoms with Crippen molar-refractivity contribution in [3.63, 3.8) is 0 Å². The summed E-state index contributed by atoms with van der Waals surface area (Å²) < 4.78 is 12.3. The quantitative estimate of drug-likeness (QED) is 0.320. The predicted molar refractivity (Wildman–Crippen MR) is 157 cm³/mol. The van der Waals surface area contributed by atoms with Gasteiger partial charge >= 0.3 is 4.87 Å². The molecule has 2 aliphatic rings. The zero-order valence-corrected chi connectivity index (χ0v) is 23.7. The summed E-state index contributed by atoms with van der Waals surface area (Å²) in [6, 6.07) is 23.1. The lowest BCUT2D eigenvalue weighted by molar-refractivity contribution is -0.122. The molecule has 0 spiro atoms. The van der Waals surface area contributed by atoms with E-state index in [2.05, 4.69) is 5.32 Å². The van der Waals surface area contributed by atoms with Crippen molar-refractivity contribution in [2.75, 3.05) is 24.4 Å². The lowest BCUT2D eigenvalue weighted by atomic mass is 9.83. The number of benzene rings is 3. The summed E-state index contributed by atoms with van der Waals surface area (Å²) in [5.41, 5.74) is 1.81. The molecule has 1 aromatic heterocycles. The number of carbonyl (C=O) groups is 3. The fraction of sp³-hybridized carbons (Fsp3) is 0.200. The number of thioether (sulfide) groups is 1. The van der Waals surface area contributed by atoms with Crippen LogP contribution >= 0.6 is 23.1 Å². The topological polar surface area (TPSA) is 107 Å². The Balaban J connectivity index is 1.45. The summed E-state index contributed by atoms with van der Waals surface area (Å²) in [5, 5.41) is 2.54. The van der Waals surface area contributed by atoms with Crippen LogP contribution in [-0.4, -0.2) is 41.8 Å². The number of aromatic nitrogens is 1. The molecule has 9 nitrogen and oxygen atoms in total. The Morgan fingerprint density at radius 2 is 1.56 bits per heavy atom. The number of nitrogens with one attached hydrogen (secondary N) is 1. The Hall–Kier alpha value is -4.35. The Morgan fingerprint density at radius 3 is 2.24 bits per heavy atom. The molecule has 2 aliphatic heterocycles. The van der Waals surface area contributed by atoms with E-state index in [1.165, 1.54) is 35.4 Å². The van der Waals surface area contributed by atoms with Crippen LogP contribution in [-0.2, 0) is 20.9 Å². The molecule has 3 aromatic carbocycles. The first-order valence-electron chi connectivity index (χ1n) is 12.8. The number of ether oxygens (including phenoxy) is 2. The van der Waals surface area contributed by atoms with Crippen molar-refractivity contribution in [2.24, 2.45) is 5.92 Å². The minimum Gasteiger partial charge on any atom is -0.493 e. The third-order valence-electron chi connectivity index (χ3n) is 7.19. The number of hydrogen-bond donors (Lipinski definition) is 1. The molecule has 3 heterocycles. The molecule has 0 saturated carbocycles. The molecule has 3 atom stereocenters. The molecule has 6 rings (SSSR count). The van der Waals surface area contributed by atoms with E-state index < -0.39 is 17.1 Å². The number of methoxy groups -OCH3 is 2. The molecule has 3 amide bonds. The van der Waals surface area contributed by atoms with Crippen LogP contribution in [0, 0.1) is 5.92 Å². The number of anilines is 2. The largest absolute Gasteiger partial charge is 0.493 e. The highest BCUT2D eigenvalue weighted by Crippen LogP contribution is 2.54. The maximum absolute atomic E-state index is 14.0. The minimum atomic E-state index is -0.786. The summed E-state index contributed by atoms with van der Waals surface area (Å²) in [6.07, 6.45) is 0. The molecule has 11 heteroatoms. The van der Waals surface area contributed by atoms with Crippen LogP contribution in [0.15, 0.2) is 88.7 Å². The molecule has 208 valence electrons. The molecular formula is C30H25N3O6S2. The molecule has 1 fully saturated rings. The van der Waals surface area contributed by atoms with Gasteiger partial charge < -0.3 is 14.8 Å². The monoisotopic (exact) mass is 587 g/mol. The van der Waals surface area contributed by atoms with E-state index in [0.717, 1.165) is 11.3 Å². The molecule has 0 aliphatic carbocycles. The van der Waals surface area contributed by atoms with Crippen molar-refractivity contribution in [3.05, 3.63) is 99.0 Å². The maximum atomic E-state index is 14.0. The van der Waals surface area contributed by atoms with Gasteiger partial charge in [0.1, 0.15) is 11.8 Å². The van der Waals surface area contributed by atoms with Gasteiger partial charge in [0, 0.05) is 16.5 Å². The molecule has 41 heavy (non-hydrogen) atoms. The normalized spacial score (nSPS) is 19.5. The van der Waals surface area contributed by atoms with Gasteiger partial charge in [0.05, 0.1) is 30.9 Å². The van der Waals surface area contributed by atoms with Crippen LogP contribution in [0.3, 0.4) is 0 Å². The van der Waals surface area contributed by atoms with E-state index in [0.29, 0.717) is 38.3 Å². The summed E-state index contributed by atoms with van der Waals surface area (Å²) >= 11 is 2.17. The van der Waals surface area contributed by atoms with Gasteiger partial charge in [-0.1, -0.05) is 65.6 Å². The Labute approximate surface area is 243 Å². The first-order chi connectivity index (χ1) is 19.9. The van der Waals surface area contributed by atoms with E-state index in [9.17, 15) is 19.2 Å². The number of hydrogen-bond acceptors (Lipinski definition) is 8. The van der Waals surface area contributed by atoms with Gasteiger partial charge in [-0.25, -0.2) is 4.90 Å². The Bertz CT molecular complexity index is 1700. The molecular weight excluding hydrogens is 562 g/mol. The molecule has 1 saturated heterocycles. The smallest absolute Gasteiger partial charge is 0.308 e. The molecule has 0 bridgehead atoms. The van der Waals surface area contributed by atoms with Gasteiger partial charge in [0.15, 0.2) is 11.5 Å². The van der Waals surface area contributed by atoms with Gasteiger partial charge in [-0.15, -0.1) is 0 Å². The van der Waals surface area contributed by atoms with Crippen LogP contribution in [0.25, 0.3) is 0 Å². The van der Waals surface area contributed by atoms with E-state index in [1.807, 2.05) is 18.2 Å². The van der Waals surface area contributed by atoms with Crippen LogP contribution in [0.2, 0.25) is 0 Å². The number of para-hydroxylation sites is 2. The fourth-order valence-electron chi connectivity index (χ4n) is 5.36. The van der Waals surface area contributed by atoms with Gasteiger partial charge in [-0.3, -0.25) is 23.7 Å². The molecule has 0 radical (unpaired) electrons. The highest BCUT2D eigenvalue weighted by molar-refractivity contribution is 8.00. The standard InChI is InChI=1S/C30H25N3O6S2/c1-38-20-14-13-17(15-21(20)39-2)23-24-25(28(36)33(27(24)35)19-11-7-4-8-12-19)40-29-26(23)41-30(37)32(29)16-22(34)31-18-9-5-3-6-10-18/h3-15,23-25H,16H2,1-2H3,(H,31,34)/t23-,24?,25?/m1/s1. The molecule has 4 aromatic rings. The Kier molecular flexibility index (Phi) is 7.14. The van der Waals surface area contributed by atoms with E-state index in [4.69, 9.17) is 9.47 Å². The summed E-state index contributed by atoms with van der Waals surface area (Å²) in [6.45, 7) is -0.229. The summed E-state index contributed by atoms with van der Waals surface area (Å²) in [4.78, 5) is 55.6. The first-order valence-corrected chi connectivity index (χ1v) is 14.5. The second-order valence-corrected chi connectivity index (χ2v) is 11.7. The zero-order valence-electron chi connectivity index (χ0n) is 22.1. The average molecular weight is 588 g/mol. The molecule has 2 unspecified atom stereocenters. The van der Waals surface area contributed by atoms with Crippen molar-refractivity contribution in [1.29, 1.82) is 0 Å². The zero-order chi connectivity index (χ0) is 28.7. The minimum absolute atomic E-state index is 0.229. The van der Waals surface area contributed by atoms with Crippen molar-refractivity contribution in [3.8, 4) is 11.5 Å². The fourth-order valence-corrected chi connectivity index (χ4v) is 8.13. The summed E-state index contributed by atoms with van der Waals surface area (Å²) in [7, 11) is 3.06. The Morgan fingerprint density at radius 1 is 0.878 bits per heavy atom. The number of nitrogens with zero attached hydrogens (tertiary/aromatic N) is 2. The number of imide groups is 1. The average Bonchev–Trinajstić information content (AvgIpc) is 3.43. The van der Waals surface area contributed by atoms with Gasteiger partial charge in [-0.2, -0.15) is 0 Å². The van der Waals surface area contributed by atoms with E-state index in [-0.39, 0.29) is 29.1 Å². The van der Waals surface area contributed by atoms with Crippen molar-refractivity contribution in [1.82, 2.24) is 4.57 Å². The summed E-state index contributed by atoms with van der Waals surface area (Å²) in [5.74, 6) is -1.46. The lowest BCUT2D eigenvalue weighted by Crippen LogP contribution is -2.33. The van der Waals surface area contributed by atoms with E-state index >= 15 is 0 Å². The number of rotatable bonds is 7. The number of amides is 3. The second-order valence-electron chi connectivity index (χ2n) is 9.54.